The molecule has 2 aromatic carbocycles. The molecule has 1 aliphatic rings. The Bertz CT molecular complexity index is 846. The Labute approximate surface area is 164 Å². The average Bonchev–Trinajstić information content (AvgIpc) is 3.17. The van der Waals surface area contributed by atoms with E-state index in [0.717, 1.165) is 18.8 Å². The summed E-state index contributed by atoms with van der Waals surface area (Å²) in [7, 11) is 0. The molecule has 7 heteroatoms. The molecule has 1 atom stereocenters. The molecule has 0 saturated carbocycles. The van der Waals surface area contributed by atoms with Crippen molar-refractivity contribution in [2.24, 2.45) is 0 Å². The van der Waals surface area contributed by atoms with Gasteiger partial charge in [0.15, 0.2) is 17.6 Å². The summed E-state index contributed by atoms with van der Waals surface area (Å²) in [6.07, 6.45) is -0.944. The lowest BCUT2D eigenvalue weighted by Gasteiger charge is -2.21. The highest BCUT2D eigenvalue weighted by molar-refractivity contribution is 5.97. The molecule has 0 saturated heterocycles. The molecule has 0 spiro atoms. The van der Waals surface area contributed by atoms with Crippen LogP contribution in [0.2, 0.25) is 0 Å². The maximum Gasteiger partial charge on any atom is 0.338 e. The van der Waals surface area contributed by atoms with Crippen LogP contribution >= 0.6 is 0 Å². The summed E-state index contributed by atoms with van der Waals surface area (Å²) < 4.78 is 15.8. The van der Waals surface area contributed by atoms with Gasteiger partial charge in [-0.05, 0) is 57.2 Å². The first-order valence-corrected chi connectivity index (χ1v) is 9.28. The minimum Gasteiger partial charge on any atom is -0.454 e. The zero-order valence-electron chi connectivity index (χ0n) is 16.2. The first kappa shape index (κ1) is 19.5. The summed E-state index contributed by atoms with van der Waals surface area (Å²) in [5.41, 5.74) is 1.98. The third-order valence-electron chi connectivity index (χ3n) is 4.52. The number of hydrogen-bond donors (Lipinski definition) is 1. The van der Waals surface area contributed by atoms with E-state index in [4.69, 9.17) is 14.2 Å². The van der Waals surface area contributed by atoms with Gasteiger partial charge in [0.05, 0.1) is 5.56 Å². The molecule has 1 aliphatic heterocycles. The molecule has 0 fully saturated rings. The highest BCUT2D eigenvalue weighted by Gasteiger charge is 2.20. The van der Waals surface area contributed by atoms with E-state index in [9.17, 15) is 9.59 Å². The van der Waals surface area contributed by atoms with E-state index in [1.54, 1.807) is 30.3 Å². The van der Waals surface area contributed by atoms with Gasteiger partial charge < -0.3 is 24.4 Å². The summed E-state index contributed by atoms with van der Waals surface area (Å²) >= 11 is 0. The molecular formula is C21H24N2O5. The van der Waals surface area contributed by atoms with Crippen molar-refractivity contribution in [1.29, 1.82) is 0 Å². The van der Waals surface area contributed by atoms with E-state index in [-0.39, 0.29) is 6.79 Å². The lowest BCUT2D eigenvalue weighted by molar-refractivity contribution is -0.123. The van der Waals surface area contributed by atoms with Crippen LogP contribution in [0.5, 0.6) is 11.5 Å². The second kappa shape index (κ2) is 8.65. The predicted octanol–water partition coefficient (Wildman–Crippen LogP) is 3.45. The molecule has 1 heterocycles. The fourth-order valence-corrected chi connectivity index (χ4v) is 2.90. The SMILES string of the molecule is CCN(CC)c1ccc(C(=O)O[C@H](C)C(=O)Nc2ccc3c(c2)OCO3)cc1. The highest BCUT2D eigenvalue weighted by atomic mass is 16.7. The number of fused-ring (bicyclic) bond motifs is 1. The van der Waals surface area contributed by atoms with Crippen molar-refractivity contribution in [2.45, 2.75) is 26.9 Å². The van der Waals surface area contributed by atoms with Crippen molar-refractivity contribution >= 4 is 23.3 Å². The van der Waals surface area contributed by atoms with Gasteiger partial charge in [0.2, 0.25) is 6.79 Å². The fraction of sp³-hybridized carbons (Fsp3) is 0.333. The van der Waals surface area contributed by atoms with Gasteiger partial charge in [0, 0.05) is 30.5 Å². The maximum atomic E-state index is 12.3. The van der Waals surface area contributed by atoms with Gasteiger partial charge in [0.25, 0.3) is 5.91 Å². The number of esters is 1. The summed E-state index contributed by atoms with van der Waals surface area (Å²) in [5, 5.41) is 2.71. The molecule has 7 nitrogen and oxygen atoms in total. The molecule has 2 aromatic rings. The van der Waals surface area contributed by atoms with Crippen LogP contribution in [0.4, 0.5) is 11.4 Å². The number of anilines is 2. The number of benzene rings is 2. The lowest BCUT2D eigenvalue weighted by Crippen LogP contribution is -2.30. The van der Waals surface area contributed by atoms with Crippen molar-refractivity contribution < 1.29 is 23.8 Å². The van der Waals surface area contributed by atoms with Gasteiger partial charge >= 0.3 is 5.97 Å². The molecule has 1 amide bonds. The number of carbonyl (C=O) groups is 2. The Morgan fingerprint density at radius 2 is 1.75 bits per heavy atom. The van der Waals surface area contributed by atoms with Crippen LogP contribution in [0, 0.1) is 0 Å². The zero-order valence-corrected chi connectivity index (χ0v) is 16.2. The second-order valence-corrected chi connectivity index (χ2v) is 6.32. The van der Waals surface area contributed by atoms with Gasteiger partial charge in [0.1, 0.15) is 0 Å². The fourth-order valence-electron chi connectivity index (χ4n) is 2.90. The quantitative estimate of drug-likeness (QED) is 0.737. The number of carbonyl (C=O) groups excluding carboxylic acids is 2. The number of nitrogens with zero attached hydrogens (tertiary/aromatic N) is 1. The molecule has 0 aliphatic carbocycles. The van der Waals surface area contributed by atoms with Crippen molar-refractivity contribution in [3.63, 3.8) is 0 Å². The monoisotopic (exact) mass is 384 g/mol. The number of nitrogens with one attached hydrogen (secondary N) is 1. The maximum absolute atomic E-state index is 12.3. The zero-order chi connectivity index (χ0) is 20.1. The van der Waals surface area contributed by atoms with Crippen LogP contribution in [0.3, 0.4) is 0 Å². The smallest absolute Gasteiger partial charge is 0.338 e. The third-order valence-corrected chi connectivity index (χ3v) is 4.52. The van der Waals surface area contributed by atoms with Gasteiger partial charge in [-0.3, -0.25) is 4.79 Å². The molecule has 28 heavy (non-hydrogen) atoms. The second-order valence-electron chi connectivity index (χ2n) is 6.32. The van der Waals surface area contributed by atoms with E-state index >= 15 is 0 Å². The highest BCUT2D eigenvalue weighted by Crippen LogP contribution is 2.34. The first-order valence-electron chi connectivity index (χ1n) is 9.28. The molecule has 3 rings (SSSR count). The van der Waals surface area contributed by atoms with Crippen LogP contribution in [-0.4, -0.2) is 37.9 Å². The summed E-state index contributed by atoms with van der Waals surface area (Å²) in [6.45, 7) is 7.62. The first-order chi connectivity index (χ1) is 13.5. The third kappa shape index (κ3) is 4.36. The number of ether oxygens (including phenoxy) is 3. The minimum atomic E-state index is -0.944. The van der Waals surface area contributed by atoms with E-state index in [1.807, 2.05) is 12.1 Å². The van der Waals surface area contributed by atoms with E-state index in [2.05, 4.69) is 24.1 Å². The van der Waals surface area contributed by atoms with Crippen molar-refractivity contribution in [2.75, 3.05) is 30.1 Å². The van der Waals surface area contributed by atoms with Gasteiger partial charge in [-0.15, -0.1) is 0 Å². The van der Waals surface area contributed by atoms with E-state index < -0.39 is 18.0 Å². The van der Waals surface area contributed by atoms with Crippen LogP contribution in [0.1, 0.15) is 31.1 Å². The van der Waals surface area contributed by atoms with Gasteiger partial charge in [-0.2, -0.15) is 0 Å². The molecule has 1 N–H and O–H groups in total. The Morgan fingerprint density at radius 1 is 1.07 bits per heavy atom. The van der Waals surface area contributed by atoms with E-state index in [0.29, 0.717) is 22.7 Å². The number of amides is 1. The topological polar surface area (TPSA) is 77.1 Å². The molecule has 0 unspecified atom stereocenters. The standard InChI is InChI=1S/C21H24N2O5/c1-4-23(5-2)17-9-6-15(7-10-17)21(25)28-14(3)20(24)22-16-8-11-18-19(12-16)27-13-26-18/h6-12,14H,4-5,13H2,1-3H3,(H,22,24)/t14-/m1/s1. The Hall–Kier alpha value is -3.22. The van der Waals surface area contributed by atoms with Crippen LogP contribution in [-0.2, 0) is 9.53 Å². The molecule has 0 radical (unpaired) electrons. The van der Waals surface area contributed by atoms with Gasteiger partial charge in [-0.25, -0.2) is 4.79 Å². The van der Waals surface area contributed by atoms with Crippen LogP contribution in [0.25, 0.3) is 0 Å². The van der Waals surface area contributed by atoms with Gasteiger partial charge in [-0.1, -0.05) is 0 Å². The number of rotatable bonds is 7. The Balaban J connectivity index is 1.58. The molecule has 0 bridgehead atoms. The predicted molar refractivity (Wildman–Crippen MR) is 106 cm³/mol. The summed E-state index contributed by atoms with van der Waals surface area (Å²) in [4.78, 5) is 26.8. The summed E-state index contributed by atoms with van der Waals surface area (Å²) in [5.74, 6) is 0.229. The number of hydrogen-bond acceptors (Lipinski definition) is 6. The van der Waals surface area contributed by atoms with Crippen molar-refractivity contribution in [1.82, 2.24) is 0 Å². The minimum absolute atomic E-state index is 0.161. The van der Waals surface area contributed by atoms with Crippen molar-refractivity contribution in [3.05, 3.63) is 48.0 Å². The molecular weight excluding hydrogens is 360 g/mol. The van der Waals surface area contributed by atoms with Crippen molar-refractivity contribution in [3.8, 4) is 11.5 Å². The molecule has 148 valence electrons. The Kier molecular flexibility index (Phi) is 6.03. The normalized spacial score (nSPS) is 13.0. The summed E-state index contributed by atoms with van der Waals surface area (Å²) in [6, 6.07) is 12.2. The largest absolute Gasteiger partial charge is 0.454 e. The van der Waals surface area contributed by atoms with E-state index in [1.165, 1.54) is 6.92 Å². The van der Waals surface area contributed by atoms with Crippen LogP contribution < -0.4 is 19.7 Å². The van der Waals surface area contributed by atoms with Crippen LogP contribution in [0.15, 0.2) is 42.5 Å². The Morgan fingerprint density at radius 3 is 2.43 bits per heavy atom. The average molecular weight is 384 g/mol. The molecule has 0 aromatic heterocycles. The lowest BCUT2D eigenvalue weighted by atomic mass is 10.2.